The maximum atomic E-state index is 12.1. The molecule has 146 valence electrons. The van der Waals surface area contributed by atoms with E-state index in [2.05, 4.69) is 22.1 Å². The summed E-state index contributed by atoms with van der Waals surface area (Å²) in [5.74, 6) is 0.477. The Kier molecular flexibility index (Phi) is 8.08. The van der Waals surface area contributed by atoms with E-state index in [0.717, 1.165) is 10.6 Å². The standard InChI is InChI=1S/C16H19ClN4O3S3/c1-3-11-25-16-20-19-15(26-16)18-14(22)5-4-10-21(27(2,23)24)13-8-6-12(17)7-9-13/h3,6-9H,1,4-5,10-11H2,2H3,(H,18,19,22). The van der Waals surface area contributed by atoms with Gasteiger partial charge in [0.05, 0.1) is 11.9 Å². The fourth-order valence-electron chi connectivity index (χ4n) is 2.11. The summed E-state index contributed by atoms with van der Waals surface area (Å²) in [6, 6.07) is 6.51. The fraction of sp³-hybridized carbons (Fsp3) is 0.312. The molecule has 1 aromatic heterocycles. The van der Waals surface area contributed by atoms with Crippen LogP contribution in [0.2, 0.25) is 5.02 Å². The lowest BCUT2D eigenvalue weighted by atomic mass is 10.2. The minimum absolute atomic E-state index is 0.161. The Morgan fingerprint density at radius 2 is 2.07 bits per heavy atom. The molecule has 11 heteroatoms. The Labute approximate surface area is 171 Å². The third-order valence-corrected chi connectivity index (χ3v) is 6.67. The SMILES string of the molecule is C=CCSc1nnc(NC(=O)CCCN(c2ccc(Cl)cc2)S(C)(=O)=O)s1. The van der Waals surface area contributed by atoms with E-state index in [9.17, 15) is 13.2 Å². The van der Waals surface area contributed by atoms with Crippen LogP contribution in [0, 0.1) is 0 Å². The van der Waals surface area contributed by atoms with E-state index >= 15 is 0 Å². The van der Waals surface area contributed by atoms with Crippen LogP contribution in [0.4, 0.5) is 10.8 Å². The topological polar surface area (TPSA) is 92.3 Å². The minimum atomic E-state index is -3.47. The van der Waals surface area contributed by atoms with Crippen LogP contribution in [-0.2, 0) is 14.8 Å². The van der Waals surface area contributed by atoms with Gasteiger partial charge in [-0.2, -0.15) is 0 Å². The van der Waals surface area contributed by atoms with E-state index in [1.165, 1.54) is 27.4 Å². The molecule has 0 unspecified atom stereocenters. The van der Waals surface area contributed by atoms with Crippen molar-refractivity contribution in [2.24, 2.45) is 0 Å². The Balaban J connectivity index is 1.88. The first kappa shape index (κ1) is 21.7. The number of sulfonamides is 1. The molecule has 0 spiro atoms. The average molecular weight is 447 g/mol. The third-order valence-electron chi connectivity index (χ3n) is 3.26. The van der Waals surface area contributed by atoms with Crippen LogP contribution in [0.1, 0.15) is 12.8 Å². The van der Waals surface area contributed by atoms with Gasteiger partial charge in [-0.1, -0.05) is 40.8 Å². The molecule has 1 heterocycles. The average Bonchev–Trinajstić information content (AvgIpc) is 3.04. The van der Waals surface area contributed by atoms with Gasteiger partial charge in [0, 0.05) is 23.7 Å². The summed E-state index contributed by atoms with van der Waals surface area (Å²) in [7, 11) is -3.47. The van der Waals surface area contributed by atoms with Crippen LogP contribution < -0.4 is 9.62 Å². The lowest BCUT2D eigenvalue weighted by molar-refractivity contribution is -0.116. The first-order valence-electron chi connectivity index (χ1n) is 7.90. The molecule has 2 aromatic rings. The number of benzene rings is 1. The number of carbonyl (C=O) groups is 1. The van der Waals surface area contributed by atoms with Gasteiger partial charge in [-0.25, -0.2) is 8.42 Å². The van der Waals surface area contributed by atoms with E-state index in [1.807, 2.05) is 0 Å². The van der Waals surface area contributed by atoms with Crippen molar-refractivity contribution in [1.29, 1.82) is 0 Å². The van der Waals surface area contributed by atoms with Crippen LogP contribution in [-0.4, -0.2) is 43.1 Å². The maximum Gasteiger partial charge on any atom is 0.232 e. The number of nitrogens with one attached hydrogen (secondary N) is 1. The van der Waals surface area contributed by atoms with Crippen molar-refractivity contribution < 1.29 is 13.2 Å². The molecular formula is C16H19ClN4O3S3. The quantitative estimate of drug-likeness (QED) is 0.340. The van der Waals surface area contributed by atoms with E-state index in [-0.39, 0.29) is 18.9 Å². The highest BCUT2D eigenvalue weighted by molar-refractivity contribution is 8.01. The molecule has 0 fully saturated rings. The molecule has 0 aliphatic carbocycles. The van der Waals surface area contributed by atoms with Gasteiger partial charge >= 0.3 is 0 Å². The Hall–Kier alpha value is -1.62. The van der Waals surface area contributed by atoms with Crippen molar-refractivity contribution in [3.8, 4) is 0 Å². The highest BCUT2D eigenvalue weighted by Crippen LogP contribution is 2.25. The van der Waals surface area contributed by atoms with Gasteiger partial charge in [-0.05, 0) is 30.7 Å². The first-order chi connectivity index (χ1) is 12.8. The summed E-state index contributed by atoms with van der Waals surface area (Å²) in [5, 5.41) is 11.5. The number of rotatable bonds is 10. The minimum Gasteiger partial charge on any atom is -0.301 e. The van der Waals surface area contributed by atoms with E-state index in [4.69, 9.17) is 11.6 Å². The second-order valence-electron chi connectivity index (χ2n) is 5.44. The Morgan fingerprint density at radius 3 is 2.70 bits per heavy atom. The number of nitrogens with zero attached hydrogens (tertiary/aromatic N) is 3. The van der Waals surface area contributed by atoms with E-state index < -0.39 is 10.0 Å². The van der Waals surface area contributed by atoms with Crippen molar-refractivity contribution >= 4 is 61.4 Å². The molecule has 0 saturated heterocycles. The summed E-state index contributed by atoms with van der Waals surface area (Å²) in [4.78, 5) is 12.1. The highest BCUT2D eigenvalue weighted by Gasteiger charge is 2.18. The van der Waals surface area contributed by atoms with Crippen LogP contribution in [0.25, 0.3) is 0 Å². The van der Waals surface area contributed by atoms with Gasteiger partial charge in [0.25, 0.3) is 0 Å². The Bertz CT molecular complexity index is 885. The van der Waals surface area contributed by atoms with Gasteiger partial charge < -0.3 is 5.32 Å². The largest absolute Gasteiger partial charge is 0.301 e. The number of hydrogen-bond donors (Lipinski definition) is 1. The van der Waals surface area contributed by atoms with Crippen LogP contribution in [0.15, 0.2) is 41.3 Å². The smallest absolute Gasteiger partial charge is 0.232 e. The summed E-state index contributed by atoms with van der Waals surface area (Å²) in [6.07, 6.45) is 3.41. The van der Waals surface area contributed by atoms with Crippen molar-refractivity contribution in [3.63, 3.8) is 0 Å². The molecule has 0 aliphatic rings. The van der Waals surface area contributed by atoms with Crippen LogP contribution in [0.5, 0.6) is 0 Å². The predicted octanol–water partition coefficient (Wildman–Crippen LogP) is 3.65. The van der Waals surface area contributed by atoms with Crippen LogP contribution in [0.3, 0.4) is 0 Å². The first-order valence-corrected chi connectivity index (χ1v) is 11.9. The molecule has 0 bridgehead atoms. The molecule has 27 heavy (non-hydrogen) atoms. The van der Waals surface area contributed by atoms with Gasteiger partial charge in [0.15, 0.2) is 4.34 Å². The number of halogens is 1. The lowest BCUT2D eigenvalue weighted by Crippen LogP contribution is -2.31. The number of aromatic nitrogens is 2. The zero-order valence-corrected chi connectivity index (χ0v) is 17.8. The highest BCUT2D eigenvalue weighted by atomic mass is 35.5. The van der Waals surface area contributed by atoms with Gasteiger partial charge in [0.1, 0.15) is 0 Å². The Morgan fingerprint density at radius 1 is 1.37 bits per heavy atom. The van der Waals surface area contributed by atoms with Gasteiger partial charge in [-0.3, -0.25) is 9.10 Å². The van der Waals surface area contributed by atoms with Crippen molar-refractivity contribution in [2.45, 2.75) is 17.2 Å². The number of thioether (sulfide) groups is 1. The van der Waals surface area contributed by atoms with Gasteiger partial charge in [-0.15, -0.1) is 16.8 Å². The van der Waals surface area contributed by atoms with Crippen LogP contribution >= 0.6 is 34.7 Å². The molecule has 1 aromatic carbocycles. The molecule has 2 rings (SSSR count). The van der Waals surface area contributed by atoms with Gasteiger partial charge in [0.2, 0.25) is 21.1 Å². The molecule has 1 amide bonds. The fourth-order valence-corrected chi connectivity index (χ4v) is 4.73. The van der Waals surface area contributed by atoms with Crippen molar-refractivity contribution in [2.75, 3.05) is 28.2 Å². The number of amides is 1. The zero-order chi connectivity index (χ0) is 19.9. The summed E-state index contributed by atoms with van der Waals surface area (Å²) in [6.45, 7) is 3.82. The summed E-state index contributed by atoms with van der Waals surface area (Å²) >= 11 is 8.62. The third kappa shape index (κ3) is 7.13. The number of carbonyl (C=O) groups excluding carboxylic acids is 1. The molecule has 0 atom stereocenters. The van der Waals surface area contributed by atoms with E-state index in [1.54, 1.807) is 30.3 Å². The molecule has 0 radical (unpaired) electrons. The zero-order valence-electron chi connectivity index (χ0n) is 14.6. The molecule has 0 saturated carbocycles. The van der Waals surface area contributed by atoms with Crippen molar-refractivity contribution in [3.05, 3.63) is 41.9 Å². The second kappa shape index (κ2) is 10.1. The molecule has 1 N–H and O–H groups in total. The number of hydrogen-bond acceptors (Lipinski definition) is 7. The lowest BCUT2D eigenvalue weighted by Gasteiger charge is -2.22. The maximum absolute atomic E-state index is 12.1. The monoisotopic (exact) mass is 446 g/mol. The molecular weight excluding hydrogens is 428 g/mol. The summed E-state index contributed by atoms with van der Waals surface area (Å²) < 4.78 is 26.1. The van der Waals surface area contributed by atoms with E-state index in [0.29, 0.717) is 28.0 Å². The normalized spacial score (nSPS) is 11.2. The number of anilines is 2. The summed E-state index contributed by atoms with van der Waals surface area (Å²) in [5.41, 5.74) is 0.510. The molecule has 0 aliphatic heterocycles. The molecule has 7 nitrogen and oxygen atoms in total. The van der Waals surface area contributed by atoms with Crippen molar-refractivity contribution in [1.82, 2.24) is 10.2 Å². The second-order valence-corrected chi connectivity index (χ2v) is 10.0. The predicted molar refractivity (Wildman–Crippen MR) is 112 cm³/mol.